The van der Waals surface area contributed by atoms with Crippen LogP contribution in [0.1, 0.15) is 18.3 Å². The standard InChI is InChI=1S/C26H27N5O2S/c1-3-33-23-15-13-21(14-16-23)28-25(32)18-34-26-30-29-24(31(26)22-7-5-4-6-8-22)17-27-20-11-9-19(2)10-12-20/h4-16,27H,3,17-18H2,1-2H3,(H,28,32). The fourth-order valence-electron chi connectivity index (χ4n) is 3.33. The molecule has 0 fully saturated rings. The molecule has 0 bridgehead atoms. The molecule has 4 aromatic rings. The van der Waals surface area contributed by atoms with Crippen LogP contribution in [0.15, 0.2) is 84.0 Å². The maximum atomic E-state index is 12.6. The van der Waals surface area contributed by atoms with Crippen molar-refractivity contribution in [1.82, 2.24) is 14.8 Å². The first-order valence-electron chi connectivity index (χ1n) is 11.1. The minimum atomic E-state index is -0.115. The van der Waals surface area contributed by atoms with Crippen LogP contribution in [-0.4, -0.2) is 33.0 Å². The Morgan fingerprint density at radius 1 is 0.941 bits per heavy atom. The smallest absolute Gasteiger partial charge is 0.234 e. The molecule has 0 radical (unpaired) electrons. The second-order valence-electron chi connectivity index (χ2n) is 7.58. The Kier molecular flexibility index (Phi) is 7.83. The van der Waals surface area contributed by atoms with E-state index in [0.717, 1.165) is 28.6 Å². The molecular weight excluding hydrogens is 446 g/mol. The van der Waals surface area contributed by atoms with E-state index in [4.69, 9.17) is 4.74 Å². The zero-order valence-corrected chi connectivity index (χ0v) is 20.0. The average molecular weight is 474 g/mol. The predicted molar refractivity (Wildman–Crippen MR) is 137 cm³/mol. The van der Waals surface area contributed by atoms with Crippen molar-refractivity contribution in [3.63, 3.8) is 0 Å². The molecule has 2 N–H and O–H groups in total. The maximum Gasteiger partial charge on any atom is 0.234 e. The number of carbonyl (C=O) groups is 1. The number of aromatic nitrogens is 3. The number of rotatable bonds is 10. The first kappa shape index (κ1) is 23.4. The van der Waals surface area contributed by atoms with Crippen molar-refractivity contribution < 1.29 is 9.53 Å². The highest BCUT2D eigenvalue weighted by Crippen LogP contribution is 2.23. The van der Waals surface area contributed by atoms with Gasteiger partial charge in [0.05, 0.1) is 18.9 Å². The van der Waals surface area contributed by atoms with Gasteiger partial charge in [-0.3, -0.25) is 9.36 Å². The minimum Gasteiger partial charge on any atom is -0.494 e. The van der Waals surface area contributed by atoms with Crippen LogP contribution in [0.5, 0.6) is 5.75 Å². The quantitative estimate of drug-likeness (QED) is 0.304. The molecule has 0 atom stereocenters. The molecule has 0 saturated heterocycles. The Bertz CT molecular complexity index is 1210. The van der Waals surface area contributed by atoms with Crippen LogP contribution in [0, 0.1) is 6.92 Å². The fourth-order valence-corrected chi connectivity index (χ4v) is 4.10. The number of amides is 1. The van der Waals surface area contributed by atoms with Gasteiger partial charge in [-0.25, -0.2) is 0 Å². The third kappa shape index (κ3) is 6.17. The van der Waals surface area contributed by atoms with Gasteiger partial charge in [-0.1, -0.05) is 47.7 Å². The van der Waals surface area contributed by atoms with Gasteiger partial charge in [-0.05, 0) is 62.4 Å². The maximum absolute atomic E-state index is 12.6. The second kappa shape index (κ2) is 11.4. The monoisotopic (exact) mass is 473 g/mol. The summed E-state index contributed by atoms with van der Waals surface area (Å²) >= 11 is 1.35. The molecule has 0 aliphatic heterocycles. The van der Waals surface area contributed by atoms with Gasteiger partial charge in [0.2, 0.25) is 5.91 Å². The number of anilines is 2. The Morgan fingerprint density at radius 3 is 2.35 bits per heavy atom. The van der Waals surface area contributed by atoms with E-state index in [2.05, 4.69) is 39.9 Å². The van der Waals surface area contributed by atoms with Crippen LogP contribution in [0.4, 0.5) is 11.4 Å². The zero-order chi connectivity index (χ0) is 23.8. The van der Waals surface area contributed by atoms with Gasteiger partial charge in [0.25, 0.3) is 0 Å². The number of ether oxygens (including phenoxy) is 1. The summed E-state index contributed by atoms with van der Waals surface area (Å²) in [6.45, 7) is 5.10. The molecule has 0 aliphatic carbocycles. The lowest BCUT2D eigenvalue weighted by Crippen LogP contribution is -2.15. The van der Waals surface area contributed by atoms with E-state index in [-0.39, 0.29) is 11.7 Å². The van der Waals surface area contributed by atoms with Gasteiger partial charge in [0, 0.05) is 17.1 Å². The molecule has 7 nitrogen and oxygen atoms in total. The van der Waals surface area contributed by atoms with Crippen molar-refractivity contribution in [2.24, 2.45) is 0 Å². The van der Waals surface area contributed by atoms with E-state index >= 15 is 0 Å². The average Bonchev–Trinajstić information content (AvgIpc) is 3.27. The summed E-state index contributed by atoms with van der Waals surface area (Å²) in [5.74, 6) is 1.64. The van der Waals surface area contributed by atoms with Crippen molar-refractivity contribution in [3.05, 3.63) is 90.3 Å². The van der Waals surface area contributed by atoms with E-state index in [1.54, 1.807) is 0 Å². The van der Waals surface area contributed by atoms with E-state index in [9.17, 15) is 4.79 Å². The molecule has 174 valence electrons. The van der Waals surface area contributed by atoms with E-state index in [1.807, 2.05) is 78.2 Å². The van der Waals surface area contributed by atoms with Crippen molar-refractivity contribution in [3.8, 4) is 11.4 Å². The molecule has 1 aromatic heterocycles. The Hall–Kier alpha value is -3.78. The second-order valence-corrected chi connectivity index (χ2v) is 8.53. The molecule has 4 rings (SSSR count). The number of benzene rings is 3. The summed E-state index contributed by atoms with van der Waals surface area (Å²) in [6, 6.07) is 25.5. The Balaban J connectivity index is 1.44. The highest BCUT2D eigenvalue weighted by molar-refractivity contribution is 7.99. The highest BCUT2D eigenvalue weighted by Gasteiger charge is 2.16. The minimum absolute atomic E-state index is 0.115. The van der Waals surface area contributed by atoms with Gasteiger partial charge in [0.1, 0.15) is 5.75 Å². The van der Waals surface area contributed by atoms with E-state index < -0.39 is 0 Å². The number of hydrogen-bond donors (Lipinski definition) is 2. The Labute approximate surface area is 203 Å². The van der Waals surface area contributed by atoms with Crippen LogP contribution in [0.3, 0.4) is 0 Å². The van der Waals surface area contributed by atoms with Crippen LogP contribution in [-0.2, 0) is 11.3 Å². The van der Waals surface area contributed by atoms with E-state index in [1.165, 1.54) is 17.3 Å². The van der Waals surface area contributed by atoms with Crippen molar-refractivity contribution in [2.75, 3.05) is 23.0 Å². The molecule has 8 heteroatoms. The van der Waals surface area contributed by atoms with Gasteiger partial charge in [-0.15, -0.1) is 10.2 Å². The van der Waals surface area contributed by atoms with Crippen molar-refractivity contribution in [2.45, 2.75) is 25.5 Å². The number of nitrogens with zero attached hydrogens (tertiary/aromatic N) is 3. The molecule has 3 aromatic carbocycles. The molecule has 1 heterocycles. The molecule has 1 amide bonds. The van der Waals surface area contributed by atoms with Crippen molar-refractivity contribution in [1.29, 1.82) is 0 Å². The molecular formula is C26H27N5O2S. The molecule has 34 heavy (non-hydrogen) atoms. The summed E-state index contributed by atoms with van der Waals surface area (Å²) < 4.78 is 7.42. The summed E-state index contributed by atoms with van der Waals surface area (Å²) in [4.78, 5) is 12.6. The summed E-state index contributed by atoms with van der Waals surface area (Å²) in [7, 11) is 0. The van der Waals surface area contributed by atoms with Crippen LogP contribution in [0.25, 0.3) is 5.69 Å². The van der Waals surface area contributed by atoms with Crippen LogP contribution in [0.2, 0.25) is 0 Å². The molecule has 0 aliphatic rings. The first-order valence-corrected chi connectivity index (χ1v) is 12.1. The fraction of sp³-hybridized carbons (Fsp3) is 0.192. The topological polar surface area (TPSA) is 81.1 Å². The first-order chi connectivity index (χ1) is 16.6. The van der Waals surface area contributed by atoms with Gasteiger partial charge in [0.15, 0.2) is 11.0 Å². The number of nitrogens with one attached hydrogen (secondary N) is 2. The van der Waals surface area contributed by atoms with Crippen LogP contribution >= 0.6 is 11.8 Å². The summed E-state index contributed by atoms with van der Waals surface area (Å²) in [5, 5.41) is 15.7. The SMILES string of the molecule is CCOc1ccc(NC(=O)CSc2nnc(CNc3ccc(C)cc3)n2-c2ccccc2)cc1. The number of aryl methyl sites for hydroxylation is 1. The Morgan fingerprint density at radius 2 is 1.65 bits per heavy atom. The normalized spacial score (nSPS) is 10.6. The van der Waals surface area contributed by atoms with Gasteiger partial charge in [-0.2, -0.15) is 0 Å². The lowest BCUT2D eigenvalue weighted by molar-refractivity contribution is -0.113. The number of para-hydroxylation sites is 1. The number of thioether (sulfide) groups is 1. The van der Waals surface area contributed by atoms with E-state index in [0.29, 0.717) is 18.3 Å². The third-order valence-electron chi connectivity index (χ3n) is 5.00. The highest BCUT2D eigenvalue weighted by atomic mass is 32.2. The molecule has 0 spiro atoms. The summed E-state index contributed by atoms with van der Waals surface area (Å²) in [5.41, 5.74) is 3.89. The summed E-state index contributed by atoms with van der Waals surface area (Å²) in [6.07, 6.45) is 0. The lowest BCUT2D eigenvalue weighted by Gasteiger charge is -2.12. The third-order valence-corrected chi connectivity index (χ3v) is 5.93. The number of hydrogen-bond acceptors (Lipinski definition) is 6. The molecule has 0 unspecified atom stereocenters. The zero-order valence-electron chi connectivity index (χ0n) is 19.2. The van der Waals surface area contributed by atoms with Gasteiger partial charge >= 0.3 is 0 Å². The predicted octanol–water partition coefficient (Wildman–Crippen LogP) is 5.32. The number of carbonyl (C=O) groups excluding carboxylic acids is 1. The largest absolute Gasteiger partial charge is 0.494 e. The molecule has 0 saturated carbocycles. The van der Waals surface area contributed by atoms with Crippen LogP contribution < -0.4 is 15.4 Å². The van der Waals surface area contributed by atoms with Crippen molar-refractivity contribution >= 4 is 29.0 Å². The lowest BCUT2D eigenvalue weighted by atomic mass is 10.2. The van der Waals surface area contributed by atoms with Gasteiger partial charge < -0.3 is 15.4 Å².